The van der Waals surface area contributed by atoms with E-state index in [1.165, 1.54) is 0 Å². The minimum absolute atomic E-state index is 0. The number of methoxy groups -OCH3 is 1. The van der Waals surface area contributed by atoms with Gasteiger partial charge in [0, 0.05) is 40.3 Å². The van der Waals surface area contributed by atoms with Crippen molar-refractivity contribution in [2.75, 3.05) is 60.6 Å². The van der Waals surface area contributed by atoms with E-state index in [4.69, 9.17) is 9.47 Å². The molecule has 1 unspecified atom stereocenters. The normalized spacial score (nSPS) is 21.3. The van der Waals surface area contributed by atoms with E-state index in [9.17, 15) is 0 Å². The molecule has 7 heteroatoms. The van der Waals surface area contributed by atoms with E-state index >= 15 is 0 Å². The maximum absolute atomic E-state index is 5.66. The summed E-state index contributed by atoms with van der Waals surface area (Å²) >= 11 is 0. The average molecular weight is 372 g/mol. The van der Waals surface area contributed by atoms with Gasteiger partial charge in [0.25, 0.3) is 0 Å². The van der Waals surface area contributed by atoms with E-state index in [2.05, 4.69) is 27.6 Å². The van der Waals surface area contributed by atoms with E-state index < -0.39 is 0 Å². The van der Waals surface area contributed by atoms with Crippen molar-refractivity contribution in [2.24, 2.45) is 4.99 Å². The molecule has 0 radical (unpaired) electrons. The van der Waals surface area contributed by atoms with Crippen molar-refractivity contribution in [3.05, 3.63) is 0 Å². The van der Waals surface area contributed by atoms with Crippen LogP contribution in [0.15, 0.2) is 4.99 Å². The number of rotatable bonds is 5. The van der Waals surface area contributed by atoms with Crippen molar-refractivity contribution >= 4 is 29.9 Å². The quantitative estimate of drug-likeness (QED) is 0.302. The first kappa shape index (κ1) is 17.9. The van der Waals surface area contributed by atoms with Crippen molar-refractivity contribution in [3.63, 3.8) is 0 Å². The van der Waals surface area contributed by atoms with Crippen LogP contribution in [0.2, 0.25) is 0 Å². The molecule has 1 atom stereocenters. The van der Waals surface area contributed by atoms with Gasteiger partial charge < -0.3 is 25.0 Å². The third-order valence-electron chi connectivity index (χ3n) is 2.66. The molecule has 0 bridgehead atoms. The van der Waals surface area contributed by atoms with Gasteiger partial charge in [-0.1, -0.05) is 0 Å². The first-order valence-electron chi connectivity index (χ1n) is 6.00. The molecular weight excluding hydrogens is 347 g/mol. The average Bonchev–Trinajstić information content (AvgIpc) is 2.34. The zero-order valence-corrected chi connectivity index (χ0v) is 13.8. The summed E-state index contributed by atoms with van der Waals surface area (Å²) in [6.45, 7) is 4.97. The van der Waals surface area contributed by atoms with Crippen LogP contribution >= 0.6 is 24.0 Å². The van der Waals surface area contributed by atoms with Gasteiger partial charge in [-0.2, -0.15) is 0 Å². The molecule has 0 amide bonds. The van der Waals surface area contributed by atoms with Crippen molar-refractivity contribution in [1.82, 2.24) is 15.5 Å². The topological polar surface area (TPSA) is 58.1 Å². The summed E-state index contributed by atoms with van der Waals surface area (Å²) in [7, 11) is 5.56. The largest absolute Gasteiger partial charge is 0.383 e. The Bertz CT molecular complexity index is 241. The zero-order chi connectivity index (χ0) is 12.5. The third kappa shape index (κ3) is 7.34. The van der Waals surface area contributed by atoms with Gasteiger partial charge in [0.15, 0.2) is 5.96 Å². The molecule has 108 valence electrons. The molecule has 0 spiro atoms. The fourth-order valence-electron chi connectivity index (χ4n) is 1.69. The van der Waals surface area contributed by atoms with Crippen LogP contribution in [0.25, 0.3) is 0 Å². The van der Waals surface area contributed by atoms with Gasteiger partial charge in [-0.25, -0.2) is 0 Å². The SMILES string of the molecule is CN=C(NCCOC)NCC1CN(C)CCO1.I. The molecule has 0 saturated carbocycles. The Kier molecular flexibility index (Phi) is 10.7. The Labute approximate surface area is 127 Å². The molecule has 1 fully saturated rings. The number of nitrogens with one attached hydrogen (secondary N) is 2. The molecular formula is C11H25IN4O2. The molecule has 0 aromatic carbocycles. The van der Waals surface area contributed by atoms with Gasteiger partial charge >= 0.3 is 0 Å². The fraction of sp³-hybridized carbons (Fsp3) is 0.909. The van der Waals surface area contributed by atoms with Crippen LogP contribution in [-0.4, -0.2) is 77.6 Å². The summed E-state index contributed by atoms with van der Waals surface area (Å²) in [5, 5.41) is 6.42. The highest BCUT2D eigenvalue weighted by molar-refractivity contribution is 14.0. The first-order valence-corrected chi connectivity index (χ1v) is 6.00. The molecule has 6 nitrogen and oxygen atoms in total. The predicted octanol–water partition coefficient (Wildman–Crippen LogP) is -0.254. The Morgan fingerprint density at radius 2 is 2.28 bits per heavy atom. The number of guanidine groups is 1. The molecule has 1 heterocycles. The Morgan fingerprint density at radius 1 is 1.50 bits per heavy atom. The van der Waals surface area contributed by atoms with Gasteiger partial charge in [-0.15, -0.1) is 24.0 Å². The van der Waals surface area contributed by atoms with Crippen LogP contribution in [0.3, 0.4) is 0 Å². The lowest BCUT2D eigenvalue weighted by molar-refractivity contribution is -0.0161. The van der Waals surface area contributed by atoms with E-state index in [1.807, 2.05) is 0 Å². The maximum Gasteiger partial charge on any atom is 0.191 e. The van der Waals surface area contributed by atoms with E-state index in [-0.39, 0.29) is 30.1 Å². The van der Waals surface area contributed by atoms with E-state index in [0.717, 1.165) is 38.7 Å². The number of nitrogens with zero attached hydrogens (tertiary/aromatic N) is 2. The molecule has 2 N–H and O–H groups in total. The number of aliphatic imine (C=N–C) groups is 1. The van der Waals surface area contributed by atoms with Crippen LogP contribution in [-0.2, 0) is 9.47 Å². The summed E-state index contributed by atoms with van der Waals surface area (Å²) in [6.07, 6.45) is 0.231. The van der Waals surface area contributed by atoms with Crippen LogP contribution in [0.1, 0.15) is 0 Å². The van der Waals surface area contributed by atoms with Crippen molar-refractivity contribution in [1.29, 1.82) is 0 Å². The van der Waals surface area contributed by atoms with Crippen molar-refractivity contribution in [3.8, 4) is 0 Å². The lowest BCUT2D eigenvalue weighted by Gasteiger charge is -2.30. The highest BCUT2D eigenvalue weighted by Crippen LogP contribution is 2.01. The van der Waals surface area contributed by atoms with Crippen molar-refractivity contribution < 1.29 is 9.47 Å². The summed E-state index contributed by atoms with van der Waals surface area (Å²) < 4.78 is 10.6. The van der Waals surface area contributed by atoms with Crippen LogP contribution < -0.4 is 10.6 Å². The second-order valence-electron chi connectivity index (χ2n) is 4.13. The predicted molar refractivity (Wildman–Crippen MR) is 83.9 cm³/mol. The van der Waals surface area contributed by atoms with Gasteiger partial charge in [0.2, 0.25) is 0 Å². The smallest absolute Gasteiger partial charge is 0.191 e. The summed E-state index contributed by atoms with van der Waals surface area (Å²) in [5.41, 5.74) is 0. The Hall–Kier alpha value is -0.120. The van der Waals surface area contributed by atoms with Gasteiger partial charge in [-0.3, -0.25) is 4.99 Å². The number of ether oxygens (including phenoxy) is 2. The highest BCUT2D eigenvalue weighted by atomic mass is 127. The Morgan fingerprint density at radius 3 is 2.89 bits per heavy atom. The van der Waals surface area contributed by atoms with Gasteiger partial charge in [0.05, 0.1) is 19.3 Å². The number of morpholine rings is 1. The molecule has 1 saturated heterocycles. The molecule has 1 aliphatic heterocycles. The van der Waals surface area contributed by atoms with Crippen LogP contribution in [0.5, 0.6) is 0 Å². The molecule has 1 rings (SSSR count). The number of hydrogen-bond acceptors (Lipinski definition) is 4. The van der Waals surface area contributed by atoms with Gasteiger partial charge in [-0.05, 0) is 7.05 Å². The summed E-state index contributed by atoms with van der Waals surface area (Å²) in [5.74, 6) is 0.791. The number of hydrogen-bond donors (Lipinski definition) is 2. The monoisotopic (exact) mass is 372 g/mol. The molecule has 0 aromatic rings. The molecule has 0 aromatic heterocycles. The van der Waals surface area contributed by atoms with E-state index in [1.54, 1.807) is 14.2 Å². The summed E-state index contributed by atoms with van der Waals surface area (Å²) in [6, 6.07) is 0. The lowest BCUT2D eigenvalue weighted by Crippen LogP contribution is -2.48. The van der Waals surface area contributed by atoms with Crippen molar-refractivity contribution in [2.45, 2.75) is 6.10 Å². The molecule has 0 aliphatic carbocycles. The van der Waals surface area contributed by atoms with Gasteiger partial charge in [0.1, 0.15) is 0 Å². The molecule has 18 heavy (non-hydrogen) atoms. The number of likely N-dealkylation sites (N-methyl/N-ethyl adjacent to an activating group) is 1. The standard InChI is InChI=1S/C11H24N4O2.HI/c1-12-11(13-4-6-16-3)14-8-10-9-15(2)5-7-17-10;/h10H,4-9H2,1-3H3,(H2,12,13,14);1H. The van der Waals surface area contributed by atoms with Crippen LogP contribution in [0, 0.1) is 0 Å². The fourth-order valence-corrected chi connectivity index (χ4v) is 1.69. The highest BCUT2D eigenvalue weighted by Gasteiger charge is 2.17. The second kappa shape index (κ2) is 10.8. The van der Waals surface area contributed by atoms with Crippen LogP contribution in [0.4, 0.5) is 0 Å². The molecule has 1 aliphatic rings. The minimum atomic E-state index is 0. The Balaban J connectivity index is 0.00000289. The minimum Gasteiger partial charge on any atom is -0.383 e. The number of halogens is 1. The maximum atomic E-state index is 5.66. The zero-order valence-electron chi connectivity index (χ0n) is 11.4. The third-order valence-corrected chi connectivity index (χ3v) is 2.66. The first-order chi connectivity index (χ1) is 8.26. The summed E-state index contributed by atoms with van der Waals surface area (Å²) in [4.78, 5) is 6.41. The van der Waals surface area contributed by atoms with E-state index in [0.29, 0.717) is 6.61 Å². The second-order valence-corrected chi connectivity index (χ2v) is 4.13. The lowest BCUT2D eigenvalue weighted by atomic mass is 10.3.